The van der Waals surface area contributed by atoms with Crippen molar-refractivity contribution in [1.82, 2.24) is 10.3 Å². The molecule has 0 bridgehead atoms. The van der Waals surface area contributed by atoms with Crippen LogP contribution in [0.1, 0.15) is 24.2 Å². The van der Waals surface area contributed by atoms with Gasteiger partial charge >= 0.3 is 0 Å². The molecule has 106 valence electrons. The highest BCUT2D eigenvalue weighted by molar-refractivity contribution is 6.30. The number of aliphatic hydroxyl groups excluding tert-OH is 1. The van der Waals surface area contributed by atoms with Crippen molar-refractivity contribution in [3.05, 3.63) is 41.0 Å². The van der Waals surface area contributed by atoms with E-state index in [2.05, 4.69) is 10.3 Å². The Morgan fingerprint density at radius 3 is 2.80 bits per heavy atom. The van der Waals surface area contributed by atoms with Crippen LogP contribution in [0, 0.1) is 5.92 Å². The van der Waals surface area contributed by atoms with E-state index in [4.69, 9.17) is 11.6 Å². The van der Waals surface area contributed by atoms with Crippen LogP contribution in [0.4, 0.5) is 0 Å². The van der Waals surface area contributed by atoms with Crippen molar-refractivity contribution in [2.24, 2.45) is 5.92 Å². The summed E-state index contributed by atoms with van der Waals surface area (Å²) in [5.41, 5.74) is 1.14. The first kappa shape index (κ1) is 14.8. The van der Waals surface area contributed by atoms with Gasteiger partial charge in [-0.05, 0) is 18.1 Å². The normalized spacial score (nSPS) is 12.7. The van der Waals surface area contributed by atoms with E-state index in [1.54, 1.807) is 12.1 Å². The molecule has 20 heavy (non-hydrogen) atoms. The van der Waals surface area contributed by atoms with Gasteiger partial charge in [0.05, 0.1) is 17.2 Å². The summed E-state index contributed by atoms with van der Waals surface area (Å²) in [4.78, 5) is 16.4. The summed E-state index contributed by atoms with van der Waals surface area (Å²) in [6.45, 7) is 4.01. The van der Waals surface area contributed by atoms with E-state index < -0.39 is 6.10 Å². The number of benzene rings is 1. The summed E-state index contributed by atoms with van der Waals surface area (Å²) < 4.78 is 0. The summed E-state index contributed by atoms with van der Waals surface area (Å²) in [5, 5.41) is 13.5. The number of rotatable bonds is 4. The minimum absolute atomic E-state index is 0.0908. The smallest absolute Gasteiger partial charge is 0.252 e. The Balaban J connectivity index is 2.26. The second kappa shape index (κ2) is 6.20. The zero-order valence-electron chi connectivity index (χ0n) is 11.4. The molecular weight excluding hydrogens is 276 g/mol. The molecule has 0 radical (unpaired) electrons. The number of pyridine rings is 1. The fraction of sp³-hybridized carbons (Fsp3) is 0.333. The Morgan fingerprint density at radius 2 is 2.10 bits per heavy atom. The molecule has 0 saturated heterocycles. The zero-order chi connectivity index (χ0) is 14.7. The summed E-state index contributed by atoms with van der Waals surface area (Å²) >= 11 is 5.94. The van der Waals surface area contributed by atoms with E-state index in [0.29, 0.717) is 11.1 Å². The summed E-state index contributed by atoms with van der Waals surface area (Å²) in [6, 6.07) is 8.86. The average molecular weight is 293 g/mol. The fourth-order valence-corrected chi connectivity index (χ4v) is 2.06. The Bertz CT molecular complexity index is 628. The zero-order valence-corrected chi connectivity index (χ0v) is 12.2. The number of amides is 1. The Labute approximate surface area is 122 Å². The molecule has 1 amide bonds. The largest absolute Gasteiger partial charge is 0.391 e. The lowest BCUT2D eigenvalue weighted by molar-refractivity contribution is 0.0873. The van der Waals surface area contributed by atoms with Gasteiger partial charge in [0.1, 0.15) is 5.15 Å². The molecule has 1 aromatic carbocycles. The van der Waals surface area contributed by atoms with Gasteiger partial charge < -0.3 is 10.4 Å². The van der Waals surface area contributed by atoms with Crippen molar-refractivity contribution in [3.8, 4) is 0 Å². The molecule has 0 aliphatic carbocycles. The predicted octanol–water partition coefficient (Wildman–Crippen LogP) is 2.63. The highest BCUT2D eigenvalue weighted by atomic mass is 35.5. The van der Waals surface area contributed by atoms with Crippen molar-refractivity contribution in [2.45, 2.75) is 20.0 Å². The van der Waals surface area contributed by atoms with Gasteiger partial charge in [-0.15, -0.1) is 0 Å². The monoisotopic (exact) mass is 292 g/mol. The summed E-state index contributed by atoms with van der Waals surface area (Å²) in [6.07, 6.45) is -0.567. The maximum atomic E-state index is 12.2. The molecule has 1 unspecified atom stereocenters. The number of halogens is 1. The van der Waals surface area contributed by atoms with Gasteiger partial charge in [0, 0.05) is 11.9 Å². The van der Waals surface area contributed by atoms with Gasteiger partial charge in [-0.3, -0.25) is 4.79 Å². The average Bonchev–Trinajstić information content (AvgIpc) is 2.43. The Hall–Kier alpha value is -1.65. The fourth-order valence-electron chi connectivity index (χ4n) is 1.86. The molecule has 0 aliphatic rings. The number of hydrogen-bond acceptors (Lipinski definition) is 3. The molecule has 5 heteroatoms. The Morgan fingerprint density at radius 1 is 1.40 bits per heavy atom. The second-order valence-corrected chi connectivity index (χ2v) is 5.42. The molecule has 0 fully saturated rings. The van der Waals surface area contributed by atoms with E-state index in [1.165, 1.54) is 0 Å². The molecule has 2 rings (SSSR count). The topological polar surface area (TPSA) is 62.2 Å². The number of nitrogens with one attached hydrogen (secondary N) is 1. The lowest BCUT2D eigenvalue weighted by Crippen LogP contribution is -2.34. The first-order chi connectivity index (χ1) is 9.49. The Kier molecular flexibility index (Phi) is 4.57. The maximum absolute atomic E-state index is 12.2. The van der Waals surface area contributed by atoms with E-state index in [-0.39, 0.29) is 23.5 Å². The van der Waals surface area contributed by atoms with Crippen LogP contribution in [0.2, 0.25) is 5.15 Å². The maximum Gasteiger partial charge on any atom is 0.252 e. The van der Waals surface area contributed by atoms with Gasteiger partial charge in [0.2, 0.25) is 0 Å². The van der Waals surface area contributed by atoms with Crippen molar-refractivity contribution in [2.75, 3.05) is 6.54 Å². The van der Waals surface area contributed by atoms with Gasteiger partial charge in [-0.1, -0.05) is 43.6 Å². The minimum atomic E-state index is -0.567. The number of nitrogens with zero attached hydrogens (tertiary/aromatic N) is 1. The van der Waals surface area contributed by atoms with Crippen LogP contribution in [-0.4, -0.2) is 28.6 Å². The van der Waals surface area contributed by atoms with Crippen LogP contribution in [0.3, 0.4) is 0 Å². The van der Waals surface area contributed by atoms with Gasteiger partial charge in [0.25, 0.3) is 5.91 Å². The minimum Gasteiger partial charge on any atom is -0.391 e. The van der Waals surface area contributed by atoms with Crippen LogP contribution in [0.5, 0.6) is 0 Å². The predicted molar refractivity (Wildman–Crippen MR) is 79.9 cm³/mol. The lowest BCUT2D eigenvalue weighted by atomic mass is 10.1. The second-order valence-electron chi connectivity index (χ2n) is 5.03. The first-order valence-electron chi connectivity index (χ1n) is 6.50. The van der Waals surface area contributed by atoms with Gasteiger partial charge in [0.15, 0.2) is 0 Å². The van der Waals surface area contributed by atoms with Crippen LogP contribution in [-0.2, 0) is 0 Å². The molecular formula is C15H17ClN2O2. The third kappa shape index (κ3) is 3.26. The van der Waals surface area contributed by atoms with Crippen LogP contribution < -0.4 is 5.32 Å². The van der Waals surface area contributed by atoms with E-state index in [9.17, 15) is 9.90 Å². The molecule has 1 heterocycles. The number of para-hydroxylation sites is 1. The number of aliphatic hydroxyl groups is 1. The number of carbonyl (C=O) groups excluding carboxylic acids is 1. The number of fused-ring (bicyclic) bond motifs is 1. The molecule has 2 aromatic rings. The molecule has 1 aromatic heterocycles. The molecule has 2 N–H and O–H groups in total. The molecule has 0 spiro atoms. The van der Waals surface area contributed by atoms with Gasteiger partial charge in [-0.25, -0.2) is 4.98 Å². The van der Waals surface area contributed by atoms with Crippen molar-refractivity contribution < 1.29 is 9.90 Å². The van der Waals surface area contributed by atoms with Crippen molar-refractivity contribution in [3.63, 3.8) is 0 Å². The van der Waals surface area contributed by atoms with E-state index >= 15 is 0 Å². The van der Waals surface area contributed by atoms with Crippen LogP contribution in [0.25, 0.3) is 10.9 Å². The highest BCUT2D eigenvalue weighted by Gasteiger charge is 2.15. The molecule has 0 aliphatic heterocycles. The number of aromatic nitrogens is 1. The standard InChI is InChI=1S/C15H17ClN2O2/c1-9(2)13(19)8-17-15(20)11-7-14(16)18-12-6-4-3-5-10(11)12/h3-7,9,13,19H,8H2,1-2H3,(H,17,20). The summed E-state index contributed by atoms with van der Waals surface area (Å²) in [7, 11) is 0. The molecule has 0 saturated carbocycles. The first-order valence-corrected chi connectivity index (χ1v) is 6.88. The van der Waals surface area contributed by atoms with Crippen LogP contribution >= 0.6 is 11.6 Å². The third-order valence-corrected chi connectivity index (χ3v) is 3.36. The van der Waals surface area contributed by atoms with E-state index in [0.717, 1.165) is 5.39 Å². The molecule has 1 atom stereocenters. The SMILES string of the molecule is CC(C)C(O)CNC(=O)c1cc(Cl)nc2ccccc12. The highest BCUT2D eigenvalue weighted by Crippen LogP contribution is 2.20. The van der Waals surface area contributed by atoms with Gasteiger partial charge in [-0.2, -0.15) is 0 Å². The lowest BCUT2D eigenvalue weighted by Gasteiger charge is -2.15. The molecule has 4 nitrogen and oxygen atoms in total. The number of hydrogen-bond donors (Lipinski definition) is 2. The number of carbonyl (C=O) groups is 1. The third-order valence-electron chi connectivity index (χ3n) is 3.17. The van der Waals surface area contributed by atoms with Crippen molar-refractivity contribution >= 4 is 28.4 Å². The van der Waals surface area contributed by atoms with E-state index in [1.807, 2.05) is 32.0 Å². The van der Waals surface area contributed by atoms with Crippen LogP contribution in [0.15, 0.2) is 30.3 Å². The summed E-state index contributed by atoms with van der Waals surface area (Å²) in [5.74, 6) is -0.168. The van der Waals surface area contributed by atoms with Crippen molar-refractivity contribution in [1.29, 1.82) is 0 Å². The quantitative estimate of drug-likeness (QED) is 0.852.